The highest BCUT2D eigenvalue weighted by molar-refractivity contribution is 5.91. The first-order valence-electron chi connectivity index (χ1n) is 4.49. The van der Waals surface area contributed by atoms with Gasteiger partial charge >= 0.3 is 0 Å². The lowest BCUT2D eigenvalue weighted by Gasteiger charge is -2.57. The Labute approximate surface area is 72.5 Å². The van der Waals surface area contributed by atoms with Gasteiger partial charge in [-0.15, -0.1) is 0 Å². The summed E-state index contributed by atoms with van der Waals surface area (Å²) in [5.74, 6) is 0.185. The number of carbonyl (C=O) groups excluding carboxylic acids is 1. The van der Waals surface area contributed by atoms with E-state index in [0.717, 1.165) is 26.1 Å². The largest absolute Gasteiger partial charge is 0.381 e. The van der Waals surface area contributed by atoms with E-state index >= 15 is 0 Å². The third-order valence-electron chi connectivity index (χ3n) is 3.46. The molecular formula is C9H15NO2. The average Bonchev–Trinajstić information content (AvgIpc) is 2.06. The number of carbonyl (C=O) groups is 1. The van der Waals surface area contributed by atoms with Crippen LogP contribution in [-0.4, -0.2) is 24.7 Å². The molecule has 12 heavy (non-hydrogen) atoms. The Kier molecular flexibility index (Phi) is 1.49. The maximum Gasteiger partial charge on any atom is 0.228 e. The highest BCUT2D eigenvalue weighted by atomic mass is 16.5. The molecule has 0 atom stereocenters. The summed E-state index contributed by atoms with van der Waals surface area (Å²) in [7, 11) is 0. The van der Waals surface area contributed by atoms with Crippen LogP contribution in [0.25, 0.3) is 0 Å². The number of hydrogen-bond acceptors (Lipinski definition) is 2. The summed E-state index contributed by atoms with van der Waals surface area (Å²) < 4.78 is 5.28. The lowest BCUT2D eigenvalue weighted by Crippen LogP contribution is -2.75. The first-order chi connectivity index (χ1) is 5.58. The van der Waals surface area contributed by atoms with Crippen LogP contribution in [0.5, 0.6) is 0 Å². The van der Waals surface area contributed by atoms with Crippen molar-refractivity contribution >= 4 is 5.91 Å². The molecule has 1 spiro atoms. The van der Waals surface area contributed by atoms with Gasteiger partial charge in [0.25, 0.3) is 0 Å². The third kappa shape index (κ3) is 0.774. The van der Waals surface area contributed by atoms with Crippen molar-refractivity contribution in [2.24, 2.45) is 5.41 Å². The normalized spacial score (nSPS) is 31.0. The highest BCUT2D eigenvalue weighted by Crippen LogP contribution is 2.45. The zero-order chi connectivity index (χ0) is 8.82. The summed E-state index contributed by atoms with van der Waals surface area (Å²) in [5, 5.41) is 3.03. The van der Waals surface area contributed by atoms with Gasteiger partial charge in [0.15, 0.2) is 0 Å². The molecule has 0 aromatic carbocycles. The molecule has 0 radical (unpaired) electrons. The zero-order valence-electron chi connectivity index (χ0n) is 7.64. The van der Waals surface area contributed by atoms with Crippen LogP contribution in [0.4, 0.5) is 0 Å². The maximum atomic E-state index is 11.3. The van der Waals surface area contributed by atoms with E-state index in [4.69, 9.17) is 4.74 Å². The third-order valence-corrected chi connectivity index (χ3v) is 3.46. The first kappa shape index (κ1) is 8.05. The van der Waals surface area contributed by atoms with Crippen molar-refractivity contribution in [1.29, 1.82) is 0 Å². The Morgan fingerprint density at radius 2 is 1.92 bits per heavy atom. The number of ether oxygens (including phenoxy) is 1. The van der Waals surface area contributed by atoms with Gasteiger partial charge in [0.2, 0.25) is 5.91 Å². The standard InChI is InChI=1S/C9H15NO2/c1-8(2)7(11)10-9(8)3-5-12-6-4-9/h3-6H2,1-2H3,(H,10,11). The van der Waals surface area contributed by atoms with Gasteiger partial charge in [0, 0.05) is 13.2 Å². The number of β-lactam (4-membered cyclic amide) rings is 1. The van der Waals surface area contributed by atoms with E-state index in [0.29, 0.717) is 0 Å². The Bertz CT molecular complexity index is 217. The minimum absolute atomic E-state index is 0.0440. The first-order valence-corrected chi connectivity index (χ1v) is 4.49. The van der Waals surface area contributed by atoms with Crippen LogP contribution in [0.2, 0.25) is 0 Å². The molecule has 3 nitrogen and oxygen atoms in total. The second kappa shape index (κ2) is 2.22. The molecular weight excluding hydrogens is 154 g/mol. The molecule has 0 aromatic rings. The molecule has 2 aliphatic heterocycles. The van der Waals surface area contributed by atoms with Gasteiger partial charge in [-0.25, -0.2) is 0 Å². The van der Waals surface area contributed by atoms with Gasteiger partial charge in [-0.2, -0.15) is 0 Å². The highest BCUT2D eigenvalue weighted by Gasteiger charge is 2.59. The summed E-state index contributed by atoms with van der Waals surface area (Å²) in [4.78, 5) is 11.3. The fourth-order valence-corrected chi connectivity index (χ4v) is 2.15. The van der Waals surface area contributed by atoms with Crippen LogP contribution in [0.3, 0.4) is 0 Å². The topological polar surface area (TPSA) is 38.3 Å². The predicted molar refractivity (Wildman–Crippen MR) is 44.7 cm³/mol. The number of nitrogens with one attached hydrogen (secondary N) is 1. The van der Waals surface area contributed by atoms with Gasteiger partial charge in [0.05, 0.1) is 11.0 Å². The molecule has 2 aliphatic rings. The van der Waals surface area contributed by atoms with Crippen molar-refractivity contribution in [2.75, 3.05) is 13.2 Å². The number of amides is 1. The van der Waals surface area contributed by atoms with E-state index in [-0.39, 0.29) is 16.9 Å². The zero-order valence-corrected chi connectivity index (χ0v) is 7.64. The number of hydrogen-bond donors (Lipinski definition) is 1. The van der Waals surface area contributed by atoms with E-state index in [2.05, 4.69) is 5.32 Å². The van der Waals surface area contributed by atoms with Crippen molar-refractivity contribution in [3.63, 3.8) is 0 Å². The van der Waals surface area contributed by atoms with Crippen LogP contribution in [-0.2, 0) is 9.53 Å². The summed E-state index contributed by atoms with van der Waals surface area (Å²) in [6.07, 6.45) is 1.93. The summed E-state index contributed by atoms with van der Waals surface area (Å²) in [6.45, 7) is 5.61. The minimum atomic E-state index is -0.184. The molecule has 0 unspecified atom stereocenters. The molecule has 0 saturated carbocycles. The Morgan fingerprint density at radius 3 is 2.33 bits per heavy atom. The summed E-state index contributed by atoms with van der Waals surface area (Å²) in [6, 6.07) is 0. The molecule has 3 heteroatoms. The van der Waals surface area contributed by atoms with E-state index in [1.165, 1.54) is 0 Å². The summed E-state index contributed by atoms with van der Waals surface area (Å²) >= 11 is 0. The van der Waals surface area contributed by atoms with Crippen molar-refractivity contribution in [2.45, 2.75) is 32.2 Å². The molecule has 0 aliphatic carbocycles. The Hall–Kier alpha value is -0.570. The molecule has 0 aromatic heterocycles. The van der Waals surface area contributed by atoms with E-state index < -0.39 is 0 Å². The van der Waals surface area contributed by atoms with Gasteiger partial charge in [0.1, 0.15) is 0 Å². The number of rotatable bonds is 0. The monoisotopic (exact) mass is 169 g/mol. The Morgan fingerprint density at radius 1 is 1.33 bits per heavy atom. The van der Waals surface area contributed by atoms with Crippen LogP contribution >= 0.6 is 0 Å². The lowest BCUT2D eigenvalue weighted by molar-refractivity contribution is -0.160. The molecule has 1 amide bonds. The summed E-state index contributed by atoms with van der Waals surface area (Å²) in [5.41, 5.74) is -0.140. The lowest BCUT2D eigenvalue weighted by atomic mass is 9.61. The fourth-order valence-electron chi connectivity index (χ4n) is 2.15. The smallest absolute Gasteiger partial charge is 0.228 e. The predicted octanol–water partition coefficient (Wildman–Crippen LogP) is 0.692. The van der Waals surface area contributed by atoms with E-state index in [1.807, 2.05) is 13.8 Å². The second-order valence-electron chi connectivity index (χ2n) is 4.27. The van der Waals surface area contributed by atoms with Crippen molar-refractivity contribution in [3.8, 4) is 0 Å². The molecule has 0 bridgehead atoms. The minimum Gasteiger partial charge on any atom is -0.381 e. The molecule has 2 heterocycles. The van der Waals surface area contributed by atoms with Crippen molar-refractivity contribution < 1.29 is 9.53 Å². The molecule has 2 rings (SSSR count). The molecule has 2 saturated heterocycles. The van der Waals surface area contributed by atoms with Gasteiger partial charge < -0.3 is 10.1 Å². The van der Waals surface area contributed by atoms with Gasteiger partial charge in [-0.1, -0.05) is 0 Å². The quantitative estimate of drug-likeness (QED) is 0.542. The van der Waals surface area contributed by atoms with Gasteiger partial charge in [-0.05, 0) is 26.7 Å². The van der Waals surface area contributed by atoms with E-state index in [9.17, 15) is 4.79 Å². The molecule has 1 N–H and O–H groups in total. The second-order valence-corrected chi connectivity index (χ2v) is 4.27. The van der Waals surface area contributed by atoms with E-state index in [1.54, 1.807) is 0 Å². The van der Waals surface area contributed by atoms with Crippen LogP contribution < -0.4 is 5.32 Å². The van der Waals surface area contributed by atoms with Crippen molar-refractivity contribution in [1.82, 2.24) is 5.32 Å². The molecule has 2 fully saturated rings. The van der Waals surface area contributed by atoms with Crippen LogP contribution in [0, 0.1) is 5.41 Å². The fraction of sp³-hybridized carbons (Fsp3) is 0.889. The van der Waals surface area contributed by atoms with Crippen molar-refractivity contribution in [3.05, 3.63) is 0 Å². The van der Waals surface area contributed by atoms with Crippen LogP contribution in [0.15, 0.2) is 0 Å². The Balaban J connectivity index is 2.17. The van der Waals surface area contributed by atoms with Crippen LogP contribution in [0.1, 0.15) is 26.7 Å². The maximum absolute atomic E-state index is 11.3. The average molecular weight is 169 g/mol. The SMILES string of the molecule is CC1(C)C(=O)NC12CCOCC2. The molecule has 68 valence electrons. The van der Waals surface area contributed by atoms with Gasteiger partial charge in [-0.3, -0.25) is 4.79 Å².